The van der Waals surface area contributed by atoms with Gasteiger partial charge < -0.3 is 20.5 Å². The Hall–Kier alpha value is -3.02. The van der Waals surface area contributed by atoms with Gasteiger partial charge in [0, 0.05) is 5.69 Å². The van der Waals surface area contributed by atoms with Crippen LogP contribution in [0.25, 0.3) is 0 Å². The SMILES string of the molecule is Cc1ccc(NC(=O)COc2cc(C(=O)OC3CCCCC3)ccc2N)cc1C. The normalized spacial score (nSPS) is 14.3. The van der Waals surface area contributed by atoms with Gasteiger partial charge in [-0.1, -0.05) is 12.5 Å². The zero-order valence-corrected chi connectivity index (χ0v) is 17.0. The Morgan fingerprint density at radius 2 is 1.79 bits per heavy atom. The van der Waals surface area contributed by atoms with Crippen molar-refractivity contribution < 1.29 is 19.1 Å². The van der Waals surface area contributed by atoms with Crippen molar-refractivity contribution in [3.05, 3.63) is 53.1 Å². The lowest BCUT2D eigenvalue weighted by Crippen LogP contribution is -2.22. The predicted octanol–water partition coefficient (Wildman–Crippen LogP) is 4.39. The van der Waals surface area contributed by atoms with Crippen molar-refractivity contribution in [1.82, 2.24) is 0 Å². The molecule has 1 aliphatic rings. The maximum absolute atomic E-state index is 12.4. The molecular formula is C23H28N2O4. The van der Waals surface area contributed by atoms with Crippen LogP contribution in [-0.2, 0) is 9.53 Å². The van der Waals surface area contributed by atoms with Crippen LogP contribution in [0.4, 0.5) is 11.4 Å². The van der Waals surface area contributed by atoms with Gasteiger partial charge in [0.05, 0.1) is 11.3 Å². The highest BCUT2D eigenvalue weighted by atomic mass is 16.5. The van der Waals surface area contributed by atoms with Crippen molar-refractivity contribution in [2.24, 2.45) is 0 Å². The van der Waals surface area contributed by atoms with Gasteiger partial charge >= 0.3 is 5.97 Å². The first-order chi connectivity index (χ1) is 13.9. The maximum atomic E-state index is 12.4. The lowest BCUT2D eigenvalue weighted by atomic mass is 9.98. The molecule has 1 amide bonds. The molecule has 154 valence electrons. The molecule has 1 fully saturated rings. The van der Waals surface area contributed by atoms with Crippen molar-refractivity contribution in [1.29, 1.82) is 0 Å². The number of amides is 1. The molecule has 2 aromatic carbocycles. The number of esters is 1. The van der Waals surface area contributed by atoms with E-state index in [-0.39, 0.29) is 24.6 Å². The molecule has 0 saturated heterocycles. The van der Waals surface area contributed by atoms with E-state index in [4.69, 9.17) is 15.2 Å². The van der Waals surface area contributed by atoms with Crippen LogP contribution in [-0.4, -0.2) is 24.6 Å². The smallest absolute Gasteiger partial charge is 0.338 e. The van der Waals surface area contributed by atoms with Gasteiger partial charge in [0.2, 0.25) is 0 Å². The van der Waals surface area contributed by atoms with Crippen molar-refractivity contribution in [3.8, 4) is 5.75 Å². The van der Waals surface area contributed by atoms with E-state index >= 15 is 0 Å². The van der Waals surface area contributed by atoms with Crippen molar-refractivity contribution in [2.75, 3.05) is 17.7 Å². The number of hydrogen-bond acceptors (Lipinski definition) is 5. The third kappa shape index (κ3) is 5.73. The van der Waals surface area contributed by atoms with E-state index in [1.54, 1.807) is 12.1 Å². The number of nitrogens with two attached hydrogens (primary N) is 1. The first kappa shape index (κ1) is 20.7. The molecule has 0 radical (unpaired) electrons. The summed E-state index contributed by atoms with van der Waals surface area (Å²) in [5.74, 6) is -0.400. The molecule has 6 heteroatoms. The molecule has 0 unspecified atom stereocenters. The Morgan fingerprint density at radius 3 is 2.52 bits per heavy atom. The van der Waals surface area contributed by atoms with Gasteiger partial charge in [-0.3, -0.25) is 4.79 Å². The largest absolute Gasteiger partial charge is 0.482 e. The van der Waals surface area contributed by atoms with E-state index in [0.717, 1.165) is 36.8 Å². The molecule has 0 spiro atoms. The number of nitrogen functional groups attached to an aromatic ring is 1. The van der Waals surface area contributed by atoms with E-state index in [2.05, 4.69) is 5.32 Å². The number of carbonyl (C=O) groups is 2. The van der Waals surface area contributed by atoms with Gasteiger partial charge in [0.15, 0.2) is 6.61 Å². The van der Waals surface area contributed by atoms with E-state index in [0.29, 0.717) is 22.7 Å². The van der Waals surface area contributed by atoms with Crippen LogP contribution in [0.2, 0.25) is 0 Å². The highest BCUT2D eigenvalue weighted by molar-refractivity contribution is 5.93. The van der Waals surface area contributed by atoms with Gasteiger partial charge in [-0.15, -0.1) is 0 Å². The van der Waals surface area contributed by atoms with Gasteiger partial charge in [-0.05, 0) is 81.0 Å². The molecular weight excluding hydrogens is 368 g/mol. The molecule has 1 aliphatic carbocycles. The number of anilines is 2. The Balaban J connectivity index is 1.58. The summed E-state index contributed by atoms with van der Waals surface area (Å²) in [7, 11) is 0. The molecule has 0 bridgehead atoms. The predicted molar refractivity (Wildman–Crippen MR) is 113 cm³/mol. The lowest BCUT2D eigenvalue weighted by molar-refractivity contribution is -0.118. The van der Waals surface area contributed by atoms with Gasteiger partial charge in [-0.25, -0.2) is 4.79 Å². The molecule has 29 heavy (non-hydrogen) atoms. The summed E-state index contributed by atoms with van der Waals surface area (Å²) in [6.45, 7) is 3.79. The first-order valence-electron chi connectivity index (χ1n) is 10.0. The van der Waals surface area contributed by atoms with Crippen LogP contribution >= 0.6 is 0 Å². The zero-order chi connectivity index (χ0) is 20.8. The summed E-state index contributed by atoms with van der Waals surface area (Å²) in [5, 5.41) is 2.79. The quantitative estimate of drug-likeness (QED) is 0.558. The molecule has 0 aliphatic heterocycles. The standard InChI is InChI=1S/C23H28N2O4/c1-15-8-10-18(12-16(15)2)25-22(26)14-28-21-13-17(9-11-20(21)24)23(27)29-19-6-4-3-5-7-19/h8-13,19H,3-7,14,24H2,1-2H3,(H,25,26). The van der Waals surface area contributed by atoms with Crippen LogP contribution in [0.1, 0.15) is 53.6 Å². The molecule has 0 atom stereocenters. The fourth-order valence-electron chi connectivity index (χ4n) is 3.35. The average molecular weight is 396 g/mol. The van der Waals surface area contributed by atoms with Crippen LogP contribution < -0.4 is 15.8 Å². The maximum Gasteiger partial charge on any atom is 0.338 e. The van der Waals surface area contributed by atoms with Gasteiger partial charge in [0.1, 0.15) is 11.9 Å². The Labute approximate surface area is 171 Å². The van der Waals surface area contributed by atoms with Crippen molar-refractivity contribution in [3.63, 3.8) is 0 Å². The second-order valence-electron chi connectivity index (χ2n) is 7.55. The summed E-state index contributed by atoms with van der Waals surface area (Å²) in [5.41, 5.74) is 9.63. The summed E-state index contributed by atoms with van der Waals surface area (Å²) < 4.78 is 11.1. The summed E-state index contributed by atoms with van der Waals surface area (Å²) >= 11 is 0. The van der Waals surface area contributed by atoms with Crippen molar-refractivity contribution >= 4 is 23.3 Å². The van der Waals surface area contributed by atoms with Gasteiger partial charge in [-0.2, -0.15) is 0 Å². The van der Waals surface area contributed by atoms with E-state index in [1.807, 2.05) is 32.0 Å². The fraction of sp³-hybridized carbons (Fsp3) is 0.391. The molecule has 1 saturated carbocycles. The van der Waals surface area contributed by atoms with Crippen LogP contribution in [0.5, 0.6) is 5.75 Å². The molecule has 3 N–H and O–H groups in total. The number of carbonyl (C=O) groups excluding carboxylic acids is 2. The minimum absolute atomic E-state index is 0.0260. The first-order valence-corrected chi connectivity index (χ1v) is 10.0. The van der Waals surface area contributed by atoms with E-state index in [9.17, 15) is 9.59 Å². The van der Waals surface area contributed by atoms with Gasteiger partial charge in [0.25, 0.3) is 5.91 Å². The lowest BCUT2D eigenvalue weighted by Gasteiger charge is -2.22. The minimum Gasteiger partial charge on any atom is -0.482 e. The Kier molecular flexibility index (Phi) is 6.75. The second-order valence-corrected chi connectivity index (χ2v) is 7.55. The Bertz CT molecular complexity index is 888. The molecule has 0 aromatic heterocycles. The number of ether oxygens (including phenoxy) is 2. The van der Waals surface area contributed by atoms with Crippen molar-refractivity contribution in [2.45, 2.75) is 52.1 Å². The molecule has 6 nitrogen and oxygen atoms in total. The van der Waals surface area contributed by atoms with E-state index in [1.165, 1.54) is 12.5 Å². The monoisotopic (exact) mass is 396 g/mol. The summed E-state index contributed by atoms with van der Waals surface area (Å²) in [6, 6.07) is 10.4. The third-order valence-electron chi connectivity index (χ3n) is 5.22. The number of rotatable bonds is 6. The number of nitrogens with one attached hydrogen (secondary N) is 1. The second kappa shape index (κ2) is 9.45. The number of hydrogen-bond donors (Lipinski definition) is 2. The number of benzene rings is 2. The fourth-order valence-corrected chi connectivity index (χ4v) is 3.35. The highest BCUT2D eigenvalue weighted by Crippen LogP contribution is 2.26. The van der Waals surface area contributed by atoms with Crippen LogP contribution in [0.15, 0.2) is 36.4 Å². The molecule has 2 aromatic rings. The minimum atomic E-state index is -0.388. The zero-order valence-electron chi connectivity index (χ0n) is 17.0. The average Bonchev–Trinajstić information content (AvgIpc) is 2.71. The number of aryl methyl sites for hydroxylation is 2. The Morgan fingerprint density at radius 1 is 1.03 bits per heavy atom. The molecule has 0 heterocycles. The molecule has 3 rings (SSSR count). The third-order valence-corrected chi connectivity index (χ3v) is 5.22. The van der Waals surface area contributed by atoms with Crippen LogP contribution in [0.3, 0.4) is 0 Å². The van der Waals surface area contributed by atoms with E-state index < -0.39 is 0 Å². The topological polar surface area (TPSA) is 90.6 Å². The summed E-state index contributed by atoms with van der Waals surface area (Å²) in [6.07, 6.45) is 5.15. The summed E-state index contributed by atoms with van der Waals surface area (Å²) in [4.78, 5) is 24.6. The van der Waals surface area contributed by atoms with Crippen LogP contribution in [0, 0.1) is 13.8 Å². The highest BCUT2D eigenvalue weighted by Gasteiger charge is 2.19.